The van der Waals surface area contributed by atoms with E-state index >= 15 is 0 Å². The Bertz CT molecular complexity index is 759. The van der Waals surface area contributed by atoms with Gasteiger partial charge in [-0.05, 0) is 43.7 Å². The Morgan fingerprint density at radius 3 is 2.52 bits per heavy atom. The predicted molar refractivity (Wildman–Crippen MR) is 88.2 cm³/mol. The van der Waals surface area contributed by atoms with Crippen LogP contribution in [0.25, 0.3) is 5.69 Å². The summed E-state index contributed by atoms with van der Waals surface area (Å²) in [5.74, 6) is 2.39. The quantitative estimate of drug-likeness (QED) is 0.734. The minimum absolute atomic E-state index is 0.0648. The van der Waals surface area contributed by atoms with Gasteiger partial charge in [0.05, 0.1) is 6.54 Å². The molecule has 0 amide bonds. The summed E-state index contributed by atoms with van der Waals surface area (Å²) in [7, 11) is 0. The molecule has 3 rings (SSSR count). The summed E-state index contributed by atoms with van der Waals surface area (Å²) < 4.78 is 7.53. The van der Waals surface area contributed by atoms with Gasteiger partial charge in [-0.25, -0.2) is 4.98 Å². The first-order chi connectivity index (χ1) is 11.2. The molecule has 2 aromatic heterocycles. The van der Waals surface area contributed by atoms with E-state index in [0.717, 1.165) is 17.3 Å². The number of aliphatic hydroxyl groups excluding tert-OH is 1. The molecule has 1 atom stereocenters. The smallest absolute Gasteiger partial charge is 0.129 e. The molecule has 120 valence electrons. The Hall–Kier alpha value is -2.37. The number of nitrogens with zero attached hydrogens (tertiary/aromatic N) is 2. The molecule has 2 N–H and O–H groups in total. The topological polar surface area (TPSA) is 63.2 Å². The average Bonchev–Trinajstić information content (AvgIpc) is 3.21. The van der Waals surface area contributed by atoms with E-state index < -0.39 is 0 Å². The van der Waals surface area contributed by atoms with Gasteiger partial charge in [-0.15, -0.1) is 0 Å². The summed E-state index contributed by atoms with van der Waals surface area (Å²) in [4.78, 5) is 4.24. The van der Waals surface area contributed by atoms with Crippen LogP contribution in [-0.2, 0) is 13.2 Å². The zero-order chi connectivity index (χ0) is 16.2. The van der Waals surface area contributed by atoms with Crippen LogP contribution >= 0.6 is 0 Å². The monoisotopic (exact) mass is 311 g/mol. The molecule has 5 heteroatoms. The fraction of sp³-hybridized carbons (Fsp3) is 0.278. The van der Waals surface area contributed by atoms with Crippen LogP contribution < -0.4 is 5.32 Å². The summed E-state index contributed by atoms with van der Waals surface area (Å²) in [5, 5.41) is 12.4. The lowest BCUT2D eigenvalue weighted by molar-refractivity contribution is 0.242. The first-order valence-electron chi connectivity index (χ1n) is 7.69. The van der Waals surface area contributed by atoms with Gasteiger partial charge in [-0.3, -0.25) is 0 Å². The highest BCUT2D eigenvalue weighted by atomic mass is 16.4. The fourth-order valence-corrected chi connectivity index (χ4v) is 2.55. The van der Waals surface area contributed by atoms with Gasteiger partial charge in [0.1, 0.15) is 24.0 Å². The van der Waals surface area contributed by atoms with Crippen LogP contribution in [-0.4, -0.2) is 14.7 Å². The van der Waals surface area contributed by atoms with Crippen molar-refractivity contribution in [2.45, 2.75) is 33.0 Å². The molecule has 0 spiro atoms. The highest BCUT2D eigenvalue weighted by Crippen LogP contribution is 2.17. The molecule has 0 aliphatic carbocycles. The third-order valence-corrected chi connectivity index (χ3v) is 3.95. The zero-order valence-corrected chi connectivity index (χ0v) is 13.4. The van der Waals surface area contributed by atoms with Crippen LogP contribution in [0.2, 0.25) is 0 Å². The van der Waals surface area contributed by atoms with Crippen molar-refractivity contribution >= 4 is 0 Å². The van der Waals surface area contributed by atoms with E-state index in [9.17, 15) is 0 Å². The molecule has 1 unspecified atom stereocenters. The second kappa shape index (κ2) is 6.81. The van der Waals surface area contributed by atoms with Gasteiger partial charge in [-0.1, -0.05) is 12.1 Å². The lowest BCUT2D eigenvalue weighted by Crippen LogP contribution is -2.17. The third kappa shape index (κ3) is 3.52. The highest BCUT2D eigenvalue weighted by molar-refractivity contribution is 5.36. The Kier molecular flexibility index (Phi) is 4.60. The van der Waals surface area contributed by atoms with Gasteiger partial charge in [0.25, 0.3) is 0 Å². The SMILES string of the molecule is Cc1nccn1-c1ccc(C(C)NCc2ccc(CO)o2)cc1. The van der Waals surface area contributed by atoms with Crippen LogP contribution in [0.5, 0.6) is 0 Å². The maximum atomic E-state index is 9.01. The predicted octanol–water partition coefficient (Wildman–Crippen LogP) is 3.12. The number of nitrogens with one attached hydrogen (secondary N) is 1. The van der Waals surface area contributed by atoms with Crippen LogP contribution in [0.15, 0.2) is 53.2 Å². The summed E-state index contributed by atoms with van der Waals surface area (Å²) in [5.41, 5.74) is 2.31. The summed E-state index contributed by atoms with van der Waals surface area (Å²) in [6.45, 7) is 4.67. The number of hydrogen-bond acceptors (Lipinski definition) is 4. The molecule has 0 fully saturated rings. The molecule has 1 aromatic carbocycles. The van der Waals surface area contributed by atoms with Crippen molar-refractivity contribution in [3.63, 3.8) is 0 Å². The molecule has 3 aromatic rings. The maximum Gasteiger partial charge on any atom is 0.129 e. The fourth-order valence-electron chi connectivity index (χ4n) is 2.55. The van der Waals surface area contributed by atoms with E-state index in [0.29, 0.717) is 12.3 Å². The molecule has 0 radical (unpaired) electrons. The second-order valence-electron chi connectivity index (χ2n) is 5.56. The number of aryl methyl sites for hydroxylation is 1. The molecule has 2 heterocycles. The number of aromatic nitrogens is 2. The molecule has 23 heavy (non-hydrogen) atoms. The largest absolute Gasteiger partial charge is 0.462 e. The van der Waals surface area contributed by atoms with Gasteiger partial charge in [0.15, 0.2) is 0 Å². The second-order valence-corrected chi connectivity index (χ2v) is 5.56. The minimum atomic E-state index is -0.0648. The number of aliphatic hydroxyl groups is 1. The van der Waals surface area contributed by atoms with E-state index in [-0.39, 0.29) is 12.6 Å². The molecule has 5 nitrogen and oxygen atoms in total. The summed E-state index contributed by atoms with van der Waals surface area (Å²) in [6, 6.07) is 12.3. The van der Waals surface area contributed by atoms with E-state index in [2.05, 4.69) is 46.1 Å². The summed E-state index contributed by atoms with van der Waals surface area (Å²) in [6.07, 6.45) is 3.76. The lowest BCUT2D eigenvalue weighted by atomic mass is 10.1. The van der Waals surface area contributed by atoms with Gasteiger partial charge >= 0.3 is 0 Å². The van der Waals surface area contributed by atoms with Crippen LogP contribution in [0.3, 0.4) is 0 Å². The number of imidazole rings is 1. The van der Waals surface area contributed by atoms with Gasteiger partial charge in [-0.2, -0.15) is 0 Å². The third-order valence-electron chi connectivity index (χ3n) is 3.95. The van der Waals surface area contributed by atoms with Gasteiger partial charge in [0.2, 0.25) is 0 Å². The van der Waals surface area contributed by atoms with E-state index in [1.165, 1.54) is 5.56 Å². The lowest BCUT2D eigenvalue weighted by Gasteiger charge is -2.14. The van der Waals surface area contributed by atoms with Crippen molar-refractivity contribution in [1.29, 1.82) is 0 Å². The minimum Gasteiger partial charge on any atom is -0.462 e. The van der Waals surface area contributed by atoms with E-state index in [4.69, 9.17) is 9.52 Å². The number of rotatable bonds is 6. The Morgan fingerprint density at radius 1 is 1.17 bits per heavy atom. The van der Waals surface area contributed by atoms with Crippen LogP contribution in [0.4, 0.5) is 0 Å². The molecule has 0 aliphatic heterocycles. The normalized spacial score (nSPS) is 12.5. The molecule has 0 aliphatic rings. The Balaban J connectivity index is 1.63. The highest BCUT2D eigenvalue weighted by Gasteiger charge is 2.08. The van der Waals surface area contributed by atoms with Crippen molar-refractivity contribution in [2.75, 3.05) is 0 Å². The van der Waals surface area contributed by atoms with Crippen LogP contribution in [0.1, 0.15) is 35.9 Å². The number of benzene rings is 1. The van der Waals surface area contributed by atoms with Crippen molar-refractivity contribution < 1.29 is 9.52 Å². The standard InChI is InChI=1S/C18H21N3O2/c1-13(20-11-17-7-8-18(12-22)23-17)15-3-5-16(6-4-15)21-10-9-19-14(21)2/h3-10,13,20,22H,11-12H2,1-2H3. The Morgan fingerprint density at radius 2 is 1.91 bits per heavy atom. The van der Waals surface area contributed by atoms with Gasteiger partial charge in [0, 0.05) is 24.1 Å². The van der Waals surface area contributed by atoms with Crippen molar-refractivity contribution in [3.8, 4) is 5.69 Å². The molecule has 0 bridgehead atoms. The molecular formula is C18H21N3O2. The van der Waals surface area contributed by atoms with E-state index in [1.807, 2.05) is 19.2 Å². The molecular weight excluding hydrogens is 290 g/mol. The van der Waals surface area contributed by atoms with Gasteiger partial charge < -0.3 is 19.4 Å². The maximum absolute atomic E-state index is 9.01. The van der Waals surface area contributed by atoms with Crippen molar-refractivity contribution in [2.24, 2.45) is 0 Å². The molecule has 0 saturated heterocycles. The van der Waals surface area contributed by atoms with Crippen LogP contribution in [0, 0.1) is 6.92 Å². The first-order valence-corrected chi connectivity index (χ1v) is 7.69. The average molecular weight is 311 g/mol. The van der Waals surface area contributed by atoms with Crippen molar-refractivity contribution in [3.05, 3.63) is 71.7 Å². The molecule has 0 saturated carbocycles. The Labute approximate surface area is 135 Å². The summed E-state index contributed by atoms with van der Waals surface area (Å²) >= 11 is 0. The zero-order valence-electron chi connectivity index (χ0n) is 13.4. The van der Waals surface area contributed by atoms with E-state index in [1.54, 1.807) is 12.3 Å². The number of hydrogen-bond donors (Lipinski definition) is 2. The first kappa shape index (κ1) is 15.5. The van der Waals surface area contributed by atoms with Crippen molar-refractivity contribution in [1.82, 2.24) is 14.9 Å². The number of furan rings is 1.